The first-order valence-corrected chi connectivity index (χ1v) is 27.3. The van der Waals surface area contributed by atoms with Crippen LogP contribution in [0.5, 0.6) is 0 Å². The first kappa shape index (κ1) is 61.2. The van der Waals surface area contributed by atoms with Crippen LogP contribution in [0.1, 0.15) is 329 Å². The number of nitrogens with two attached hydrogens (primary N) is 3. The van der Waals surface area contributed by atoms with Crippen LogP contribution in [0.15, 0.2) is 0 Å². The zero-order valence-electron chi connectivity index (χ0n) is 40.8. The van der Waals surface area contributed by atoms with Crippen molar-refractivity contribution in [2.45, 2.75) is 329 Å². The summed E-state index contributed by atoms with van der Waals surface area (Å²) in [6.07, 6.45) is 68.6. The predicted molar refractivity (Wildman–Crippen MR) is 266 cm³/mol. The highest BCUT2D eigenvalue weighted by Crippen LogP contribution is 2.16. The molecule has 0 aromatic heterocycles. The molecule has 3 heteroatoms. The third-order valence-electron chi connectivity index (χ3n) is 12.2. The Balaban J connectivity index is -0.000000767. The Kier molecular flexibility index (Phi) is 69.8. The summed E-state index contributed by atoms with van der Waals surface area (Å²) in [5, 5.41) is 0. The lowest BCUT2D eigenvalue weighted by atomic mass is 10.0. The molecule has 0 rings (SSSR count). The molecule has 0 heterocycles. The van der Waals surface area contributed by atoms with E-state index in [4.69, 9.17) is 17.2 Å². The minimum Gasteiger partial charge on any atom is -0.330 e. The third kappa shape index (κ3) is 70.8. The van der Waals surface area contributed by atoms with Crippen LogP contribution in [0.25, 0.3) is 0 Å². The molecule has 0 aromatic carbocycles. The van der Waals surface area contributed by atoms with Gasteiger partial charge in [-0.3, -0.25) is 0 Å². The first-order chi connectivity index (χ1) is 28.2. The smallest absolute Gasteiger partial charge is 0.00773 e. The molecule has 0 aliphatic carbocycles. The van der Waals surface area contributed by atoms with Gasteiger partial charge in [-0.2, -0.15) is 0 Å². The normalized spacial score (nSPS) is 11.1. The van der Waals surface area contributed by atoms with Crippen molar-refractivity contribution in [3.05, 3.63) is 0 Å². The van der Waals surface area contributed by atoms with Gasteiger partial charge in [-0.25, -0.2) is 0 Å². The Morgan fingerprint density at radius 2 is 0.228 bits per heavy atom. The topological polar surface area (TPSA) is 78.1 Å². The molecule has 0 bridgehead atoms. The second-order valence-electron chi connectivity index (χ2n) is 18.3. The number of hydrogen-bond acceptors (Lipinski definition) is 3. The van der Waals surface area contributed by atoms with Gasteiger partial charge in [0.05, 0.1) is 0 Å². The Hall–Kier alpha value is -0.120. The van der Waals surface area contributed by atoms with E-state index in [0.717, 1.165) is 19.6 Å². The van der Waals surface area contributed by atoms with Crippen LogP contribution in [-0.2, 0) is 0 Å². The summed E-state index contributed by atoms with van der Waals surface area (Å²) in [4.78, 5) is 0. The molecule has 0 atom stereocenters. The van der Waals surface area contributed by atoms with Crippen LogP contribution in [0.3, 0.4) is 0 Å². The first-order valence-electron chi connectivity index (χ1n) is 27.3. The maximum atomic E-state index is 5.48. The zero-order chi connectivity index (χ0) is 42.1. The summed E-state index contributed by atoms with van der Waals surface area (Å²) in [5.41, 5.74) is 16.4. The van der Waals surface area contributed by atoms with Crippen LogP contribution in [0.4, 0.5) is 0 Å². The van der Waals surface area contributed by atoms with Crippen molar-refractivity contribution < 1.29 is 0 Å². The van der Waals surface area contributed by atoms with Crippen molar-refractivity contribution >= 4 is 0 Å². The summed E-state index contributed by atoms with van der Waals surface area (Å²) in [5.74, 6) is 0. The lowest BCUT2D eigenvalue weighted by Crippen LogP contribution is -1.97. The van der Waals surface area contributed by atoms with Crippen molar-refractivity contribution in [3.63, 3.8) is 0 Å². The minimum absolute atomic E-state index is 0.873. The van der Waals surface area contributed by atoms with Crippen LogP contribution < -0.4 is 17.2 Å². The van der Waals surface area contributed by atoms with Crippen LogP contribution >= 0.6 is 0 Å². The fraction of sp³-hybridized carbons (Fsp3) is 1.00. The largest absolute Gasteiger partial charge is 0.330 e. The zero-order valence-corrected chi connectivity index (χ0v) is 40.8. The molecule has 0 aromatic rings. The Bertz CT molecular complexity index is 467. The second-order valence-corrected chi connectivity index (χ2v) is 18.3. The average molecular weight is 809 g/mol. The van der Waals surface area contributed by atoms with E-state index in [2.05, 4.69) is 20.8 Å². The van der Waals surface area contributed by atoms with Gasteiger partial charge < -0.3 is 17.2 Å². The van der Waals surface area contributed by atoms with Gasteiger partial charge in [0, 0.05) is 0 Å². The van der Waals surface area contributed by atoms with E-state index in [-0.39, 0.29) is 0 Å². The van der Waals surface area contributed by atoms with Crippen LogP contribution in [0, 0.1) is 0 Å². The number of hydrogen-bond donors (Lipinski definition) is 3. The molecule has 0 radical (unpaired) electrons. The van der Waals surface area contributed by atoms with E-state index < -0.39 is 0 Å². The summed E-state index contributed by atoms with van der Waals surface area (Å²) in [7, 11) is 0. The van der Waals surface area contributed by atoms with Crippen molar-refractivity contribution in [2.24, 2.45) is 17.2 Å². The van der Waals surface area contributed by atoms with Gasteiger partial charge in [-0.15, -0.1) is 0 Å². The highest BCUT2D eigenvalue weighted by atomic mass is 14.5. The molecule has 0 fully saturated rings. The highest BCUT2D eigenvalue weighted by molar-refractivity contribution is 4.53. The summed E-state index contributed by atoms with van der Waals surface area (Å²) < 4.78 is 0. The van der Waals surface area contributed by atoms with Gasteiger partial charge in [-0.05, 0) is 38.9 Å². The van der Waals surface area contributed by atoms with Gasteiger partial charge in [0.2, 0.25) is 0 Å². The highest BCUT2D eigenvalue weighted by Gasteiger charge is 1.97. The lowest BCUT2D eigenvalue weighted by molar-refractivity contribution is 0.530. The monoisotopic (exact) mass is 808 g/mol. The molecule has 348 valence electrons. The number of unbranched alkanes of at least 4 members (excludes halogenated alkanes) is 45. The molecule has 57 heavy (non-hydrogen) atoms. The quantitative estimate of drug-likeness (QED) is 0.0536. The Morgan fingerprint density at radius 3 is 0.316 bits per heavy atom. The van der Waals surface area contributed by atoms with Gasteiger partial charge in [0.1, 0.15) is 0 Å². The molecule has 0 aliphatic rings. The molecular formula is C54H117N3. The summed E-state index contributed by atoms with van der Waals surface area (Å²) >= 11 is 0. The third-order valence-corrected chi connectivity index (χ3v) is 12.2. The average Bonchev–Trinajstić information content (AvgIpc) is 3.23. The van der Waals surface area contributed by atoms with Crippen molar-refractivity contribution in [1.29, 1.82) is 0 Å². The van der Waals surface area contributed by atoms with E-state index in [1.54, 1.807) is 0 Å². The van der Waals surface area contributed by atoms with E-state index in [1.807, 2.05) is 0 Å². The second kappa shape index (κ2) is 65.0. The molecule has 0 amide bonds. The van der Waals surface area contributed by atoms with E-state index in [0.29, 0.717) is 0 Å². The van der Waals surface area contributed by atoms with Crippen molar-refractivity contribution in [2.75, 3.05) is 19.6 Å². The maximum absolute atomic E-state index is 5.48. The fourth-order valence-corrected chi connectivity index (χ4v) is 8.08. The molecule has 3 nitrogen and oxygen atoms in total. The molecular weight excluding hydrogens is 691 g/mol. The van der Waals surface area contributed by atoms with E-state index in [9.17, 15) is 0 Å². The fourth-order valence-electron chi connectivity index (χ4n) is 8.08. The van der Waals surface area contributed by atoms with Crippen LogP contribution in [0.2, 0.25) is 0 Å². The molecule has 0 unspecified atom stereocenters. The predicted octanol–water partition coefficient (Wildman–Crippen LogP) is 18.6. The molecule has 0 saturated heterocycles. The minimum atomic E-state index is 0.873. The van der Waals surface area contributed by atoms with Gasteiger partial charge in [0.25, 0.3) is 0 Å². The van der Waals surface area contributed by atoms with Gasteiger partial charge in [0.15, 0.2) is 0 Å². The van der Waals surface area contributed by atoms with Crippen molar-refractivity contribution in [1.82, 2.24) is 0 Å². The molecule has 0 aliphatic heterocycles. The molecule has 0 saturated carbocycles. The van der Waals surface area contributed by atoms with E-state index in [1.165, 1.54) is 308 Å². The number of rotatable bonds is 48. The van der Waals surface area contributed by atoms with E-state index >= 15 is 0 Å². The summed E-state index contributed by atoms with van der Waals surface area (Å²) in [6, 6.07) is 0. The Labute approximate surface area is 364 Å². The van der Waals surface area contributed by atoms with Gasteiger partial charge in [-0.1, -0.05) is 310 Å². The van der Waals surface area contributed by atoms with Crippen molar-refractivity contribution in [3.8, 4) is 0 Å². The van der Waals surface area contributed by atoms with Gasteiger partial charge >= 0.3 is 0 Å². The molecule has 6 N–H and O–H groups in total. The standard InChI is InChI=1S/3C18H39N/c3*1-2-3-4-5-6-7-8-9-10-11-12-13-14-15-16-17-18-19/h3*2-19H2,1H3. The molecule has 0 spiro atoms. The lowest BCUT2D eigenvalue weighted by Gasteiger charge is -2.03. The maximum Gasteiger partial charge on any atom is -0.00773 e. The van der Waals surface area contributed by atoms with Crippen LogP contribution in [-0.4, -0.2) is 19.6 Å². The SMILES string of the molecule is CCCCCCCCCCCCCCCCCCN.CCCCCCCCCCCCCCCCCCN.CCCCCCCCCCCCCCCCCCN. The summed E-state index contributed by atoms with van der Waals surface area (Å²) in [6.45, 7) is 9.49. The Morgan fingerprint density at radius 1 is 0.140 bits per heavy atom.